The van der Waals surface area contributed by atoms with Crippen molar-refractivity contribution in [2.45, 2.75) is 76.3 Å². The third kappa shape index (κ3) is 6.01. The van der Waals surface area contributed by atoms with Crippen LogP contribution in [0.4, 0.5) is 56.9 Å². The number of rotatable bonds is 4. The summed E-state index contributed by atoms with van der Waals surface area (Å²) < 4.78 is 14.7. The van der Waals surface area contributed by atoms with Gasteiger partial charge in [-0.25, -0.2) is 0 Å². The highest BCUT2D eigenvalue weighted by molar-refractivity contribution is 7.04. The van der Waals surface area contributed by atoms with E-state index in [4.69, 9.17) is 9.47 Å². The van der Waals surface area contributed by atoms with Gasteiger partial charge in [0.05, 0.1) is 0 Å². The maximum atomic E-state index is 7.33. The van der Waals surface area contributed by atoms with Crippen LogP contribution < -0.4 is 78.2 Å². The average molecular weight is 967 g/mol. The molecular weight excluding hydrogens is 913 g/mol. The molecule has 8 aliphatic rings. The van der Waals surface area contributed by atoms with Gasteiger partial charge in [0.1, 0.15) is 23.0 Å². The van der Waals surface area contributed by atoms with Crippen LogP contribution >= 0.6 is 0 Å². The van der Waals surface area contributed by atoms with Crippen LogP contribution in [0.25, 0.3) is 0 Å². The van der Waals surface area contributed by atoms with Crippen molar-refractivity contribution in [2.75, 3.05) is 19.6 Å². The topological polar surface area (TPSA) is 31.4 Å². The molecule has 9 heteroatoms. The molecule has 6 aliphatic heterocycles. The average Bonchev–Trinajstić information content (AvgIpc) is 3.55. The second-order valence-corrected chi connectivity index (χ2v) is 22.3. The Kier molecular flexibility index (Phi) is 9.17. The van der Waals surface area contributed by atoms with E-state index in [1.54, 1.807) is 0 Å². The third-order valence-corrected chi connectivity index (χ3v) is 18.4. The number of nitrogens with zero attached hydrogens (tertiary/aromatic N) is 4. The molecule has 6 heterocycles. The maximum Gasteiger partial charge on any atom is 0.256 e. The second-order valence-electron chi connectivity index (χ2n) is 22.3. The highest BCUT2D eigenvalue weighted by Crippen LogP contribution is 2.48. The molecule has 0 saturated heterocycles. The molecule has 2 fully saturated rings. The molecule has 9 aromatic carbocycles. The number of para-hydroxylation sites is 4. The molecule has 0 unspecified atom stereocenters. The van der Waals surface area contributed by atoms with E-state index in [-0.39, 0.29) is 20.1 Å². The summed E-state index contributed by atoms with van der Waals surface area (Å²) in [6.07, 6.45) is 12.3. The van der Waals surface area contributed by atoms with Gasteiger partial charge < -0.3 is 29.1 Å². The fourth-order valence-corrected chi connectivity index (χ4v) is 15.4. The van der Waals surface area contributed by atoms with Crippen LogP contribution in [0, 0.1) is 0 Å². The van der Waals surface area contributed by atoms with E-state index in [0.717, 1.165) is 34.4 Å². The monoisotopic (exact) mass is 966 g/mol. The van der Waals surface area contributed by atoms with Crippen molar-refractivity contribution in [3.8, 4) is 23.0 Å². The van der Waals surface area contributed by atoms with E-state index in [1.807, 2.05) is 0 Å². The Labute approximate surface area is 440 Å². The SMILES string of the molecule is c1ccc(N2c3ccccc3B3c4cc5c(cc4Oc4cccc2c43)N(C2CCCCC2)c2cccc3c2B5c2cc4c(cc2N3C2CCCCC2)Oc2cccc3c2B4c2ccccc2N3c2ccccc2)cc1. The zero-order valence-electron chi connectivity index (χ0n) is 42.0. The zero-order valence-corrected chi connectivity index (χ0v) is 42.0. The van der Waals surface area contributed by atoms with Crippen LogP contribution in [-0.2, 0) is 0 Å². The first-order chi connectivity index (χ1) is 37.2. The summed E-state index contributed by atoms with van der Waals surface area (Å²) in [5.74, 6) is 3.83. The van der Waals surface area contributed by atoms with Crippen molar-refractivity contribution < 1.29 is 9.47 Å². The van der Waals surface area contributed by atoms with Crippen molar-refractivity contribution in [3.05, 3.63) is 188 Å². The summed E-state index contributed by atoms with van der Waals surface area (Å²) in [7, 11) is 0. The quantitative estimate of drug-likeness (QED) is 0.163. The van der Waals surface area contributed by atoms with Crippen molar-refractivity contribution in [3.63, 3.8) is 0 Å². The van der Waals surface area contributed by atoms with Gasteiger partial charge in [0.2, 0.25) is 0 Å². The lowest BCUT2D eigenvalue weighted by atomic mass is 9.29. The minimum atomic E-state index is -0.0240. The summed E-state index contributed by atoms with van der Waals surface area (Å²) >= 11 is 0. The fourth-order valence-electron chi connectivity index (χ4n) is 15.4. The Hall–Kier alpha value is -8.03. The molecule has 2 aliphatic carbocycles. The number of anilines is 10. The Morgan fingerprint density at radius 3 is 1.15 bits per heavy atom. The van der Waals surface area contributed by atoms with Gasteiger partial charge in [-0.1, -0.05) is 142 Å². The Morgan fingerprint density at radius 2 is 0.680 bits per heavy atom. The summed E-state index contributed by atoms with van der Waals surface area (Å²) in [6.45, 7) is -0.0497. The normalized spacial score (nSPS) is 17.3. The van der Waals surface area contributed by atoms with Crippen LogP contribution in [0.2, 0.25) is 0 Å². The highest BCUT2D eigenvalue weighted by Gasteiger charge is 2.50. The van der Waals surface area contributed by atoms with Crippen LogP contribution in [-0.4, -0.2) is 32.2 Å². The molecule has 0 bridgehead atoms. The predicted molar refractivity (Wildman–Crippen MR) is 314 cm³/mol. The molecule has 0 spiro atoms. The molecule has 17 rings (SSSR count). The van der Waals surface area contributed by atoms with Crippen molar-refractivity contribution in [1.82, 2.24) is 0 Å². The first kappa shape index (κ1) is 42.3. The molecule has 2 saturated carbocycles. The molecular formula is C66H53B3N4O2. The van der Waals surface area contributed by atoms with E-state index in [9.17, 15) is 0 Å². The molecule has 6 nitrogen and oxygen atoms in total. The van der Waals surface area contributed by atoms with Gasteiger partial charge in [0, 0.05) is 81.1 Å². The lowest BCUT2D eigenvalue weighted by molar-refractivity contribution is 0.434. The molecule has 358 valence electrons. The van der Waals surface area contributed by atoms with Gasteiger partial charge in [-0.15, -0.1) is 0 Å². The summed E-state index contributed by atoms with van der Waals surface area (Å²) in [4.78, 5) is 10.5. The summed E-state index contributed by atoms with van der Waals surface area (Å²) in [6, 6.07) is 71.5. The minimum Gasteiger partial charge on any atom is -0.458 e. The lowest BCUT2D eigenvalue weighted by Crippen LogP contribution is -2.67. The fraction of sp³-hybridized carbons (Fsp3) is 0.182. The van der Waals surface area contributed by atoms with Crippen molar-refractivity contribution in [1.29, 1.82) is 0 Å². The predicted octanol–water partition coefficient (Wildman–Crippen LogP) is 10.6. The largest absolute Gasteiger partial charge is 0.458 e. The zero-order chi connectivity index (χ0) is 48.9. The number of ether oxygens (including phenoxy) is 2. The molecule has 75 heavy (non-hydrogen) atoms. The minimum absolute atomic E-state index is 0.0128. The van der Waals surface area contributed by atoms with Gasteiger partial charge in [-0.05, 0) is 148 Å². The van der Waals surface area contributed by atoms with Crippen LogP contribution in [0.5, 0.6) is 23.0 Å². The van der Waals surface area contributed by atoms with E-state index < -0.39 is 0 Å². The number of hydrogen-bond acceptors (Lipinski definition) is 6. The first-order valence-corrected chi connectivity index (χ1v) is 27.8. The molecule has 0 radical (unpaired) electrons. The molecule has 0 atom stereocenters. The van der Waals surface area contributed by atoms with Crippen LogP contribution in [0.1, 0.15) is 64.2 Å². The first-order valence-electron chi connectivity index (χ1n) is 27.8. The van der Waals surface area contributed by atoms with E-state index in [0.29, 0.717) is 12.1 Å². The number of fused-ring (bicyclic) bond motifs is 12. The Balaban J connectivity index is 0.923. The van der Waals surface area contributed by atoms with Gasteiger partial charge in [0.25, 0.3) is 20.1 Å². The van der Waals surface area contributed by atoms with Gasteiger partial charge in [-0.2, -0.15) is 0 Å². The highest BCUT2D eigenvalue weighted by atomic mass is 16.5. The van der Waals surface area contributed by atoms with Gasteiger partial charge in [-0.3, -0.25) is 0 Å². The second kappa shape index (κ2) is 16.2. The third-order valence-electron chi connectivity index (χ3n) is 18.4. The van der Waals surface area contributed by atoms with Crippen molar-refractivity contribution >= 4 is 126 Å². The number of hydrogen-bond donors (Lipinski definition) is 0. The Bertz CT molecular complexity index is 3590. The molecule has 0 amide bonds. The van der Waals surface area contributed by atoms with Crippen LogP contribution in [0.15, 0.2) is 188 Å². The Morgan fingerprint density at radius 1 is 0.293 bits per heavy atom. The van der Waals surface area contributed by atoms with Crippen LogP contribution in [0.3, 0.4) is 0 Å². The van der Waals surface area contributed by atoms with Gasteiger partial charge in [0.15, 0.2) is 0 Å². The standard InChI is InChI=1S/C66H53B3N4O2/c1-5-20-42(21-6-1)70-52-30-15-13-28-46(52)67-50-38-48-58(40-62(50)74-60-36-18-34-56(70)65(60)67)72(44-24-9-3-10-25-44)54-32-17-33-55-64(54)69(48)49-39-51-63(41-59(49)73(55)45-26-11-4-12-27-45)75-61-37-19-35-57-66(61)68(51)47-29-14-16-31-53(47)71(57)43-22-7-2-8-23-43/h1-2,5-8,13-23,28-41,44-45H,3-4,9-12,24-27H2. The number of benzene rings is 9. The van der Waals surface area contributed by atoms with E-state index >= 15 is 0 Å². The summed E-state index contributed by atoms with van der Waals surface area (Å²) in [5.41, 5.74) is 24.2. The smallest absolute Gasteiger partial charge is 0.256 e. The maximum absolute atomic E-state index is 7.33. The molecule has 0 aromatic heterocycles. The van der Waals surface area contributed by atoms with E-state index in [1.165, 1.54) is 159 Å². The lowest BCUT2D eigenvalue weighted by Gasteiger charge is -2.50. The van der Waals surface area contributed by atoms with E-state index in [2.05, 4.69) is 208 Å². The molecule has 9 aromatic rings. The summed E-state index contributed by atoms with van der Waals surface area (Å²) in [5, 5.41) is 0. The molecule has 0 N–H and O–H groups in total. The van der Waals surface area contributed by atoms with Crippen molar-refractivity contribution in [2.24, 2.45) is 0 Å². The van der Waals surface area contributed by atoms with Gasteiger partial charge >= 0.3 is 0 Å².